The molecule has 0 saturated carbocycles. The molecule has 0 aromatic heterocycles. The largest absolute Gasteiger partial charge is 0.300 e. The maximum Gasteiger partial charge on any atom is 0.0660 e. The van der Waals surface area contributed by atoms with E-state index in [0.29, 0.717) is 0 Å². The first-order valence-electron chi connectivity index (χ1n) is 7.68. The molecule has 100 valence electrons. The molecule has 1 saturated heterocycles. The van der Waals surface area contributed by atoms with Crippen molar-refractivity contribution in [1.29, 1.82) is 0 Å². The Hall–Kier alpha value is -0.0831. The summed E-state index contributed by atoms with van der Waals surface area (Å²) in [6.07, 6.45) is 8.58. The van der Waals surface area contributed by atoms with Gasteiger partial charge in [0.2, 0.25) is 0 Å². The minimum atomic E-state index is -0.631. The predicted octanol–water partition coefficient (Wildman–Crippen LogP) is 4.00. The molecular formula is C15H31NSi. The summed E-state index contributed by atoms with van der Waals surface area (Å²) in [6.45, 7) is 12.9. The second-order valence-corrected chi connectivity index (χ2v) is 9.41. The minimum absolute atomic E-state index is 0.631. The first-order valence-corrected chi connectivity index (χ1v) is 9.89. The van der Waals surface area contributed by atoms with Gasteiger partial charge in [-0.2, -0.15) is 0 Å². The molecule has 1 rings (SSSR count). The molecule has 0 aliphatic carbocycles. The van der Waals surface area contributed by atoms with Crippen LogP contribution in [0.15, 0.2) is 11.8 Å². The van der Waals surface area contributed by atoms with Gasteiger partial charge in [-0.05, 0) is 25.9 Å². The van der Waals surface area contributed by atoms with Gasteiger partial charge >= 0.3 is 0 Å². The second-order valence-electron chi connectivity index (χ2n) is 5.57. The smallest absolute Gasteiger partial charge is 0.0660 e. The van der Waals surface area contributed by atoms with Gasteiger partial charge in [-0.1, -0.05) is 56.8 Å². The molecule has 0 amide bonds. The molecule has 0 bridgehead atoms. The highest BCUT2D eigenvalue weighted by Gasteiger charge is 2.14. The normalized spacial score (nSPS) is 19.7. The van der Waals surface area contributed by atoms with E-state index in [0.717, 1.165) is 0 Å². The van der Waals surface area contributed by atoms with E-state index in [4.69, 9.17) is 0 Å². The van der Waals surface area contributed by atoms with Crippen molar-refractivity contribution in [2.24, 2.45) is 0 Å². The molecule has 0 aromatic rings. The Morgan fingerprint density at radius 3 is 1.88 bits per heavy atom. The average Bonchev–Trinajstić information content (AvgIpc) is 2.45. The van der Waals surface area contributed by atoms with E-state index in [2.05, 4.69) is 25.3 Å². The van der Waals surface area contributed by atoms with E-state index in [-0.39, 0.29) is 0 Å². The van der Waals surface area contributed by atoms with Crippen molar-refractivity contribution in [1.82, 2.24) is 4.90 Å². The summed E-state index contributed by atoms with van der Waals surface area (Å²) in [7, 11) is -0.631. The lowest BCUT2D eigenvalue weighted by Gasteiger charge is -2.25. The Labute approximate surface area is 110 Å². The number of hydrogen-bond donors (Lipinski definition) is 0. The van der Waals surface area contributed by atoms with Gasteiger partial charge in [-0.25, -0.2) is 0 Å². The molecule has 0 aromatic carbocycles. The Kier molecular flexibility index (Phi) is 7.87. The van der Waals surface area contributed by atoms with Crippen molar-refractivity contribution in [2.45, 2.75) is 64.5 Å². The average molecular weight is 254 g/mol. The zero-order valence-corrected chi connectivity index (χ0v) is 13.2. The van der Waals surface area contributed by atoms with Crippen LogP contribution in [0.3, 0.4) is 0 Å². The van der Waals surface area contributed by atoms with Crippen molar-refractivity contribution in [3.63, 3.8) is 0 Å². The molecule has 0 spiro atoms. The van der Waals surface area contributed by atoms with Crippen molar-refractivity contribution in [2.75, 3.05) is 19.6 Å². The number of rotatable bonds is 5. The van der Waals surface area contributed by atoms with Gasteiger partial charge in [0.1, 0.15) is 0 Å². The Balaban J connectivity index is 2.38. The lowest BCUT2D eigenvalue weighted by Crippen LogP contribution is -2.31. The SMILES string of the molecule is C=C(CN1CCCCCCCC1)[SiH](CC)CC. The lowest BCUT2D eigenvalue weighted by atomic mass is 10.1. The van der Waals surface area contributed by atoms with E-state index in [1.54, 1.807) is 5.20 Å². The van der Waals surface area contributed by atoms with Crippen LogP contribution >= 0.6 is 0 Å². The molecule has 0 atom stereocenters. The molecule has 0 N–H and O–H groups in total. The van der Waals surface area contributed by atoms with Crippen LogP contribution in [0.4, 0.5) is 0 Å². The first-order chi connectivity index (χ1) is 8.27. The minimum Gasteiger partial charge on any atom is -0.300 e. The highest BCUT2D eigenvalue weighted by molar-refractivity contribution is 6.66. The Bertz CT molecular complexity index is 201. The van der Waals surface area contributed by atoms with Crippen molar-refractivity contribution < 1.29 is 0 Å². The fraction of sp³-hybridized carbons (Fsp3) is 0.867. The summed E-state index contributed by atoms with van der Waals surface area (Å²) in [5.41, 5.74) is 0. The zero-order valence-electron chi connectivity index (χ0n) is 12.0. The molecule has 0 radical (unpaired) electrons. The van der Waals surface area contributed by atoms with Crippen molar-refractivity contribution in [3.8, 4) is 0 Å². The fourth-order valence-electron chi connectivity index (χ4n) is 2.93. The van der Waals surface area contributed by atoms with Crippen molar-refractivity contribution >= 4 is 8.80 Å². The number of hydrogen-bond acceptors (Lipinski definition) is 1. The predicted molar refractivity (Wildman–Crippen MR) is 81.4 cm³/mol. The molecule has 1 aliphatic rings. The third-order valence-electron chi connectivity index (χ3n) is 4.19. The van der Waals surface area contributed by atoms with Gasteiger partial charge in [0.25, 0.3) is 0 Å². The van der Waals surface area contributed by atoms with Crippen LogP contribution in [-0.2, 0) is 0 Å². The van der Waals surface area contributed by atoms with Gasteiger partial charge in [0, 0.05) is 6.54 Å². The van der Waals surface area contributed by atoms with Crippen LogP contribution < -0.4 is 0 Å². The monoisotopic (exact) mass is 253 g/mol. The second kappa shape index (κ2) is 8.93. The van der Waals surface area contributed by atoms with Gasteiger partial charge < -0.3 is 0 Å². The summed E-state index contributed by atoms with van der Waals surface area (Å²) in [6, 6.07) is 2.78. The highest BCUT2D eigenvalue weighted by Crippen LogP contribution is 2.14. The molecule has 2 heteroatoms. The molecule has 0 unspecified atom stereocenters. The molecule has 1 nitrogen and oxygen atoms in total. The Morgan fingerprint density at radius 1 is 0.941 bits per heavy atom. The molecule has 1 fully saturated rings. The van der Waals surface area contributed by atoms with Crippen LogP contribution in [0.2, 0.25) is 12.1 Å². The maximum atomic E-state index is 4.39. The first kappa shape index (κ1) is 15.0. The molecular weight excluding hydrogens is 222 g/mol. The van der Waals surface area contributed by atoms with Crippen molar-refractivity contribution in [3.05, 3.63) is 11.8 Å². The summed E-state index contributed by atoms with van der Waals surface area (Å²) in [4.78, 5) is 2.68. The fourth-order valence-corrected chi connectivity index (χ4v) is 5.18. The van der Waals surface area contributed by atoms with Gasteiger partial charge in [0.15, 0.2) is 0 Å². The molecule has 17 heavy (non-hydrogen) atoms. The third kappa shape index (κ3) is 5.87. The van der Waals surface area contributed by atoms with E-state index >= 15 is 0 Å². The van der Waals surface area contributed by atoms with Crippen LogP contribution in [0.1, 0.15) is 52.4 Å². The van der Waals surface area contributed by atoms with E-state index in [1.807, 2.05) is 0 Å². The van der Waals surface area contributed by atoms with Crippen LogP contribution in [-0.4, -0.2) is 33.3 Å². The molecule has 1 aliphatic heterocycles. The zero-order chi connectivity index (χ0) is 12.5. The van der Waals surface area contributed by atoms with E-state index in [1.165, 1.54) is 70.2 Å². The summed E-state index contributed by atoms with van der Waals surface area (Å²) in [5.74, 6) is 0. The van der Waals surface area contributed by atoms with Gasteiger partial charge in [-0.3, -0.25) is 4.90 Å². The lowest BCUT2D eigenvalue weighted by molar-refractivity contribution is 0.294. The van der Waals surface area contributed by atoms with Gasteiger partial charge in [-0.15, -0.1) is 6.58 Å². The third-order valence-corrected chi connectivity index (χ3v) is 7.50. The number of nitrogens with zero attached hydrogens (tertiary/aromatic N) is 1. The van der Waals surface area contributed by atoms with Crippen LogP contribution in [0.5, 0.6) is 0 Å². The summed E-state index contributed by atoms with van der Waals surface area (Å²) >= 11 is 0. The maximum absolute atomic E-state index is 4.39. The Morgan fingerprint density at radius 2 is 1.41 bits per heavy atom. The van der Waals surface area contributed by atoms with E-state index in [9.17, 15) is 0 Å². The highest BCUT2D eigenvalue weighted by atomic mass is 28.3. The van der Waals surface area contributed by atoms with Gasteiger partial charge in [0.05, 0.1) is 8.80 Å². The quantitative estimate of drug-likeness (QED) is 0.669. The topological polar surface area (TPSA) is 3.24 Å². The standard InChI is InChI=1S/C15H31NSi/c1-4-17(5-2)15(3)14-16-12-10-8-6-7-9-11-13-16/h17H,3-14H2,1-2H3. The van der Waals surface area contributed by atoms with Crippen LogP contribution in [0, 0.1) is 0 Å². The summed E-state index contributed by atoms with van der Waals surface area (Å²) in [5, 5.41) is 1.61. The summed E-state index contributed by atoms with van der Waals surface area (Å²) < 4.78 is 0. The molecule has 1 heterocycles. The van der Waals surface area contributed by atoms with E-state index < -0.39 is 8.80 Å². The van der Waals surface area contributed by atoms with Crippen LogP contribution in [0.25, 0.3) is 0 Å².